The largest absolute Gasteiger partial charge is 0.396 e. The number of pyridine rings is 1. The standard InChI is InChI=1S/C16H18N2O2S/c1-21-15-11-13(7-9-17-15)16(20)18-14(8-10-19)12-5-3-2-4-6-12/h2-7,9,11,14,19H,8,10H2,1H3,(H,18,20). The third-order valence-corrected chi connectivity index (χ3v) is 3.77. The summed E-state index contributed by atoms with van der Waals surface area (Å²) < 4.78 is 0. The molecule has 1 aromatic heterocycles. The molecular weight excluding hydrogens is 284 g/mol. The van der Waals surface area contributed by atoms with Gasteiger partial charge in [0.15, 0.2) is 0 Å². The maximum absolute atomic E-state index is 12.3. The van der Waals surface area contributed by atoms with Gasteiger partial charge in [-0.15, -0.1) is 11.8 Å². The van der Waals surface area contributed by atoms with Crippen LogP contribution in [0.5, 0.6) is 0 Å². The van der Waals surface area contributed by atoms with Gasteiger partial charge in [-0.05, 0) is 30.4 Å². The number of aliphatic hydroxyl groups is 1. The van der Waals surface area contributed by atoms with Crippen molar-refractivity contribution in [2.24, 2.45) is 0 Å². The number of hydrogen-bond donors (Lipinski definition) is 2. The van der Waals surface area contributed by atoms with Gasteiger partial charge in [0.25, 0.3) is 5.91 Å². The Morgan fingerprint density at radius 2 is 2.10 bits per heavy atom. The highest BCUT2D eigenvalue weighted by molar-refractivity contribution is 7.98. The first kappa shape index (κ1) is 15.5. The zero-order valence-corrected chi connectivity index (χ0v) is 12.6. The van der Waals surface area contributed by atoms with E-state index in [9.17, 15) is 9.90 Å². The summed E-state index contributed by atoms with van der Waals surface area (Å²) in [6.45, 7) is 0.0201. The molecule has 4 nitrogen and oxygen atoms in total. The van der Waals surface area contributed by atoms with E-state index in [4.69, 9.17) is 0 Å². The highest BCUT2D eigenvalue weighted by Crippen LogP contribution is 2.18. The molecule has 0 aliphatic carbocycles. The van der Waals surface area contributed by atoms with E-state index in [1.165, 1.54) is 11.8 Å². The lowest BCUT2D eigenvalue weighted by atomic mass is 10.0. The third-order valence-electron chi connectivity index (χ3n) is 3.13. The lowest BCUT2D eigenvalue weighted by molar-refractivity contribution is 0.0929. The Balaban J connectivity index is 2.14. The normalized spacial score (nSPS) is 11.9. The number of nitrogens with one attached hydrogen (secondary N) is 1. The van der Waals surface area contributed by atoms with E-state index < -0.39 is 0 Å². The van der Waals surface area contributed by atoms with Gasteiger partial charge in [-0.3, -0.25) is 4.79 Å². The number of aromatic nitrogens is 1. The summed E-state index contributed by atoms with van der Waals surface area (Å²) in [5.74, 6) is -0.157. The lowest BCUT2D eigenvalue weighted by Gasteiger charge is -2.18. The van der Waals surface area contributed by atoms with Crippen molar-refractivity contribution in [1.82, 2.24) is 10.3 Å². The highest BCUT2D eigenvalue weighted by Gasteiger charge is 2.15. The van der Waals surface area contributed by atoms with Gasteiger partial charge in [-0.1, -0.05) is 30.3 Å². The molecule has 0 saturated carbocycles. The second-order valence-corrected chi connectivity index (χ2v) is 5.36. The van der Waals surface area contributed by atoms with Gasteiger partial charge in [0.1, 0.15) is 0 Å². The molecule has 0 fully saturated rings. The fourth-order valence-electron chi connectivity index (χ4n) is 2.04. The molecule has 0 aliphatic heterocycles. The molecule has 5 heteroatoms. The van der Waals surface area contributed by atoms with Crippen molar-refractivity contribution in [3.63, 3.8) is 0 Å². The Labute approximate surface area is 128 Å². The van der Waals surface area contributed by atoms with E-state index in [1.54, 1.807) is 18.3 Å². The Bertz CT molecular complexity index is 590. The van der Waals surface area contributed by atoms with Crippen molar-refractivity contribution in [1.29, 1.82) is 0 Å². The number of carbonyl (C=O) groups is 1. The fraction of sp³-hybridized carbons (Fsp3) is 0.250. The first-order chi connectivity index (χ1) is 10.2. The fourth-order valence-corrected chi connectivity index (χ4v) is 2.45. The average molecular weight is 302 g/mol. The SMILES string of the molecule is CSc1cc(C(=O)NC(CCO)c2ccccc2)ccn1. The van der Waals surface area contributed by atoms with E-state index in [0.717, 1.165) is 10.6 Å². The van der Waals surface area contributed by atoms with Gasteiger partial charge in [-0.25, -0.2) is 4.98 Å². The average Bonchev–Trinajstić information content (AvgIpc) is 2.55. The van der Waals surface area contributed by atoms with Crippen LogP contribution < -0.4 is 5.32 Å². The van der Waals surface area contributed by atoms with E-state index in [0.29, 0.717) is 12.0 Å². The van der Waals surface area contributed by atoms with Crippen molar-refractivity contribution in [2.45, 2.75) is 17.5 Å². The van der Waals surface area contributed by atoms with Crippen LogP contribution >= 0.6 is 11.8 Å². The summed E-state index contributed by atoms with van der Waals surface area (Å²) in [4.78, 5) is 16.5. The molecular formula is C16H18N2O2S. The number of hydrogen-bond acceptors (Lipinski definition) is 4. The molecule has 1 amide bonds. The van der Waals surface area contributed by atoms with Crippen LogP contribution in [0.2, 0.25) is 0 Å². The number of thioether (sulfide) groups is 1. The van der Waals surface area contributed by atoms with Gasteiger partial charge in [0.2, 0.25) is 0 Å². The van der Waals surface area contributed by atoms with Crippen LogP contribution in [0.1, 0.15) is 28.4 Å². The van der Waals surface area contributed by atoms with Crippen LogP contribution in [0.4, 0.5) is 0 Å². The first-order valence-corrected chi connectivity index (χ1v) is 7.93. The predicted molar refractivity (Wildman–Crippen MR) is 84.4 cm³/mol. The Morgan fingerprint density at radius 3 is 2.76 bits per heavy atom. The van der Waals surface area contributed by atoms with Crippen molar-refractivity contribution in [2.75, 3.05) is 12.9 Å². The molecule has 2 aromatic rings. The van der Waals surface area contributed by atoms with E-state index in [1.807, 2.05) is 36.6 Å². The minimum Gasteiger partial charge on any atom is -0.396 e. The number of nitrogens with zero attached hydrogens (tertiary/aromatic N) is 1. The number of rotatable bonds is 6. The molecule has 21 heavy (non-hydrogen) atoms. The summed E-state index contributed by atoms with van der Waals surface area (Å²) in [6, 6.07) is 12.9. The quantitative estimate of drug-likeness (QED) is 0.805. The molecule has 1 heterocycles. The van der Waals surface area contributed by atoms with Crippen LogP contribution in [0.3, 0.4) is 0 Å². The molecule has 1 unspecified atom stereocenters. The molecule has 2 N–H and O–H groups in total. The van der Waals surface area contributed by atoms with Crippen molar-refractivity contribution in [3.05, 3.63) is 59.8 Å². The maximum atomic E-state index is 12.3. The smallest absolute Gasteiger partial charge is 0.251 e. The van der Waals surface area contributed by atoms with Crippen LogP contribution in [0.15, 0.2) is 53.7 Å². The summed E-state index contributed by atoms with van der Waals surface area (Å²) in [7, 11) is 0. The zero-order chi connectivity index (χ0) is 15.1. The van der Waals surface area contributed by atoms with Crippen LogP contribution in [0, 0.1) is 0 Å². The van der Waals surface area contributed by atoms with Crippen LogP contribution in [-0.4, -0.2) is 28.9 Å². The van der Waals surface area contributed by atoms with Gasteiger partial charge >= 0.3 is 0 Å². The van der Waals surface area contributed by atoms with E-state index in [-0.39, 0.29) is 18.6 Å². The van der Waals surface area contributed by atoms with Gasteiger partial charge in [0.05, 0.1) is 11.1 Å². The number of aliphatic hydroxyl groups excluding tert-OH is 1. The first-order valence-electron chi connectivity index (χ1n) is 6.71. The van der Waals surface area contributed by atoms with Gasteiger partial charge in [0, 0.05) is 18.4 Å². The van der Waals surface area contributed by atoms with Gasteiger partial charge in [-0.2, -0.15) is 0 Å². The lowest BCUT2D eigenvalue weighted by Crippen LogP contribution is -2.29. The maximum Gasteiger partial charge on any atom is 0.251 e. The Morgan fingerprint density at radius 1 is 1.33 bits per heavy atom. The van der Waals surface area contributed by atoms with E-state index >= 15 is 0 Å². The predicted octanol–water partition coefficient (Wildman–Crippen LogP) is 2.66. The summed E-state index contributed by atoms with van der Waals surface area (Å²) in [5, 5.41) is 13.0. The molecule has 1 aromatic carbocycles. The van der Waals surface area contributed by atoms with Crippen molar-refractivity contribution < 1.29 is 9.90 Å². The van der Waals surface area contributed by atoms with Crippen molar-refractivity contribution >= 4 is 17.7 Å². The second-order valence-electron chi connectivity index (χ2n) is 4.54. The highest BCUT2D eigenvalue weighted by atomic mass is 32.2. The number of benzene rings is 1. The topological polar surface area (TPSA) is 62.2 Å². The number of carbonyl (C=O) groups excluding carboxylic acids is 1. The third kappa shape index (κ3) is 4.31. The van der Waals surface area contributed by atoms with E-state index in [2.05, 4.69) is 10.3 Å². The van der Waals surface area contributed by atoms with Crippen molar-refractivity contribution in [3.8, 4) is 0 Å². The minimum absolute atomic E-state index is 0.0201. The second kappa shape index (κ2) is 7.81. The van der Waals surface area contributed by atoms with Crippen LogP contribution in [-0.2, 0) is 0 Å². The monoisotopic (exact) mass is 302 g/mol. The molecule has 0 radical (unpaired) electrons. The summed E-state index contributed by atoms with van der Waals surface area (Å²) in [5.41, 5.74) is 1.56. The molecule has 0 saturated heterocycles. The number of amides is 1. The summed E-state index contributed by atoms with van der Waals surface area (Å²) >= 11 is 1.49. The molecule has 0 spiro atoms. The summed E-state index contributed by atoms with van der Waals surface area (Å²) in [6.07, 6.45) is 4.03. The molecule has 1 atom stereocenters. The minimum atomic E-state index is -0.199. The Kier molecular flexibility index (Phi) is 5.78. The molecule has 0 bridgehead atoms. The molecule has 2 rings (SSSR count). The van der Waals surface area contributed by atoms with Gasteiger partial charge < -0.3 is 10.4 Å². The Hall–Kier alpha value is -1.85. The van der Waals surface area contributed by atoms with Crippen LogP contribution in [0.25, 0.3) is 0 Å². The zero-order valence-electron chi connectivity index (χ0n) is 11.8. The molecule has 110 valence electrons. The molecule has 0 aliphatic rings.